The number of para-hydroxylation sites is 1. The molecule has 6 heteroatoms. The first-order valence-corrected chi connectivity index (χ1v) is 8.64. The van der Waals surface area contributed by atoms with E-state index in [0.29, 0.717) is 18.6 Å². The maximum absolute atomic E-state index is 13.0. The van der Waals surface area contributed by atoms with E-state index in [2.05, 4.69) is 4.98 Å². The maximum Gasteiger partial charge on any atom is 0.245 e. The largest absolute Gasteiger partial charge is 0.329 e. The third-order valence-electron chi connectivity index (χ3n) is 4.03. The number of piperidine rings is 1. The molecule has 2 N–H and O–H groups in total. The zero-order valence-corrected chi connectivity index (χ0v) is 12.6. The lowest BCUT2D eigenvalue weighted by Gasteiger charge is -2.34. The summed E-state index contributed by atoms with van der Waals surface area (Å²) >= 11 is 0. The fourth-order valence-corrected chi connectivity index (χ4v) is 4.81. The van der Waals surface area contributed by atoms with Gasteiger partial charge in [-0.3, -0.25) is 4.98 Å². The molecule has 0 amide bonds. The molecule has 1 aliphatic rings. The Balaban J connectivity index is 2.12. The summed E-state index contributed by atoms with van der Waals surface area (Å²) in [4.78, 5) is 4.53. The first-order chi connectivity index (χ1) is 10.1. The van der Waals surface area contributed by atoms with Crippen molar-refractivity contribution in [2.45, 2.75) is 30.2 Å². The Morgan fingerprint density at radius 2 is 2.05 bits per heavy atom. The lowest BCUT2D eigenvalue weighted by atomic mass is 10.1. The zero-order valence-electron chi connectivity index (χ0n) is 11.8. The second-order valence-electron chi connectivity index (χ2n) is 5.33. The molecule has 2 heterocycles. The third-order valence-corrected chi connectivity index (χ3v) is 6.01. The summed E-state index contributed by atoms with van der Waals surface area (Å²) in [5.41, 5.74) is 6.29. The third kappa shape index (κ3) is 2.54. The molecule has 0 aliphatic carbocycles. The van der Waals surface area contributed by atoms with Crippen molar-refractivity contribution in [3.63, 3.8) is 0 Å². The number of fused-ring (bicyclic) bond motifs is 1. The van der Waals surface area contributed by atoms with Gasteiger partial charge in [0.15, 0.2) is 0 Å². The van der Waals surface area contributed by atoms with Gasteiger partial charge in [-0.1, -0.05) is 24.6 Å². The number of hydrogen-bond donors (Lipinski definition) is 1. The smallest absolute Gasteiger partial charge is 0.245 e. The number of benzene rings is 1. The molecule has 1 atom stereocenters. The normalized spacial score (nSPS) is 20.7. The Hall–Kier alpha value is -1.50. The molecule has 1 aliphatic heterocycles. The maximum atomic E-state index is 13.0. The Bertz CT molecular complexity index is 740. The van der Waals surface area contributed by atoms with Gasteiger partial charge in [0.1, 0.15) is 4.90 Å². The van der Waals surface area contributed by atoms with Gasteiger partial charge in [0.05, 0.1) is 5.52 Å². The Morgan fingerprint density at radius 3 is 2.86 bits per heavy atom. The molecule has 1 fully saturated rings. The van der Waals surface area contributed by atoms with Gasteiger partial charge in [-0.25, -0.2) is 8.42 Å². The van der Waals surface area contributed by atoms with Crippen LogP contribution in [0.5, 0.6) is 0 Å². The van der Waals surface area contributed by atoms with E-state index in [1.807, 2.05) is 18.2 Å². The Kier molecular flexibility index (Phi) is 3.93. The van der Waals surface area contributed by atoms with Crippen LogP contribution < -0.4 is 5.73 Å². The standard InChI is InChI=1S/C15H19N3O2S/c16-11-13-7-1-2-10-18(13)21(19,20)14-8-3-5-12-6-4-9-17-15(12)14/h3-6,8-9,13H,1-2,7,10-11,16H2. The molecule has 112 valence electrons. The predicted octanol–water partition coefficient (Wildman–Crippen LogP) is 1.74. The van der Waals surface area contributed by atoms with Gasteiger partial charge in [0.25, 0.3) is 0 Å². The minimum atomic E-state index is -3.56. The topological polar surface area (TPSA) is 76.3 Å². The van der Waals surface area contributed by atoms with Crippen molar-refractivity contribution in [3.05, 3.63) is 36.5 Å². The molecule has 1 saturated heterocycles. The van der Waals surface area contributed by atoms with E-state index < -0.39 is 10.0 Å². The van der Waals surface area contributed by atoms with Crippen LogP contribution in [0, 0.1) is 0 Å². The van der Waals surface area contributed by atoms with Crippen LogP contribution in [-0.4, -0.2) is 36.8 Å². The number of sulfonamides is 1. The van der Waals surface area contributed by atoms with Crippen LogP contribution in [0.25, 0.3) is 10.9 Å². The van der Waals surface area contributed by atoms with Crippen LogP contribution >= 0.6 is 0 Å². The van der Waals surface area contributed by atoms with E-state index in [4.69, 9.17) is 5.73 Å². The second kappa shape index (κ2) is 5.71. The first-order valence-electron chi connectivity index (χ1n) is 7.20. The number of rotatable bonds is 3. The molecule has 0 spiro atoms. The van der Waals surface area contributed by atoms with Crippen LogP contribution in [0.1, 0.15) is 19.3 Å². The van der Waals surface area contributed by atoms with E-state index in [0.717, 1.165) is 24.6 Å². The van der Waals surface area contributed by atoms with Gasteiger partial charge < -0.3 is 5.73 Å². The summed E-state index contributed by atoms with van der Waals surface area (Å²) in [6, 6.07) is 8.84. The van der Waals surface area contributed by atoms with Crippen molar-refractivity contribution in [1.82, 2.24) is 9.29 Å². The SMILES string of the molecule is NCC1CCCCN1S(=O)(=O)c1cccc2cccnc12. The number of nitrogens with zero attached hydrogens (tertiary/aromatic N) is 2. The average molecular weight is 305 g/mol. The lowest BCUT2D eigenvalue weighted by Crippen LogP contribution is -2.47. The van der Waals surface area contributed by atoms with E-state index in [1.165, 1.54) is 0 Å². The van der Waals surface area contributed by atoms with Crippen LogP contribution in [0.4, 0.5) is 0 Å². The van der Waals surface area contributed by atoms with Crippen molar-refractivity contribution in [3.8, 4) is 0 Å². The van der Waals surface area contributed by atoms with Crippen LogP contribution in [0.2, 0.25) is 0 Å². The minimum absolute atomic E-state index is 0.109. The number of hydrogen-bond acceptors (Lipinski definition) is 4. The molecule has 2 aromatic rings. The molecule has 1 aromatic carbocycles. The van der Waals surface area contributed by atoms with Gasteiger partial charge in [-0.05, 0) is 25.0 Å². The molecular formula is C15H19N3O2S. The summed E-state index contributed by atoms with van der Waals surface area (Å²) in [6.07, 6.45) is 4.36. The van der Waals surface area contributed by atoms with Gasteiger partial charge in [-0.2, -0.15) is 4.31 Å². The average Bonchev–Trinajstić information content (AvgIpc) is 2.54. The minimum Gasteiger partial charge on any atom is -0.329 e. The van der Waals surface area contributed by atoms with E-state index >= 15 is 0 Å². The van der Waals surface area contributed by atoms with Gasteiger partial charge in [0.2, 0.25) is 10.0 Å². The Labute approximate surface area is 124 Å². The van der Waals surface area contributed by atoms with Gasteiger partial charge in [0, 0.05) is 30.7 Å². The summed E-state index contributed by atoms with van der Waals surface area (Å²) in [5.74, 6) is 0. The molecule has 1 aromatic heterocycles. The highest BCUT2D eigenvalue weighted by Gasteiger charge is 2.33. The number of nitrogens with two attached hydrogens (primary N) is 1. The fourth-order valence-electron chi connectivity index (χ4n) is 2.94. The Morgan fingerprint density at radius 1 is 1.24 bits per heavy atom. The molecule has 1 unspecified atom stereocenters. The molecular weight excluding hydrogens is 286 g/mol. The van der Waals surface area contributed by atoms with Crippen molar-refractivity contribution in [1.29, 1.82) is 0 Å². The summed E-state index contributed by atoms with van der Waals surface area (Å²) in [5, 5.41) is 0.833. The molecule has 5 nitrogen and oxygen atoms in total. The molecule has 0 saturated carbocycles. The van der Waals surface area contributed by atoms with Crippen LogP contribution in [0.15, 0.2) is 41.4 Å². The van der Waals surface area contributed by atoms with Crippen molar-refractivity contribution < 1.29 is 8.42 Å². The lowest BCUT2D eigenvalue weighted by molar-refractivity contribution is 0.258. The van der Waals surface area contributed by atoms with Gasteiger partial charge >= 0.3 is 0 Å². The number of aromatic nitrogens is 1. The summed E-state index contributed by atoms with van der Waals surface area (Å²) in [7, 11) is -3.56. The highest BCUT2D eigenvalue weighted by atomic mass is 32.2. The van der Waals surface area contributed by atoms with E-state index in [-0.39, 0.29) is 10.9 Å². The first kappa shape index (κ1) is 14.4. The van der Waals surface area contributed by atoms with E-state index in [9.17, 15) is 8.42 Å². The quantitative estimate of drug-likeness (QED) is 0.937. The molecule has 3 rings (SSSR count). The highest BCUT2D eigenvalue weighted by molar-refractivity contribution is 7.89. The van der Waals surface area contributed by atoms with Crippen molar-refractivity contribution in [2.24, 2.45) is 5.73 Å². The molecule has 0 radical (unpaired) electrons. The highest BCUT2D eigenvalue weighted by Crippen LogP contribution is 2.28. The zero-order chi connectivity index (χ0) is 14.9. The second-order valence-corrected chi connectivity index (χ2v) is 7.19. The van der Waals surface area contributed by atoms with Crippen LogP contribution in [0.3, 0.4) is 0 Å². The van der Waals surface area contributed by atoms with Gasteiger partial charge in [-0.15, -0.1) is 0 Å². The predicted molar refractivity (Wildman–Crippen MR) is 82.3 cm³/mol. The van der Waals surface area contributed by atoms with Crippen LogP contribution in [-0.2, 0) is 10.0 Å². The van der Waals surface area contributed by atoms with Crippen molar-refractivity contribution >= 4 is 20.9 Å². The monoisotopic (exact) mass is 305 g/mol. The summed E-state index contributed by atoms with van der Waals surface area (Å²) < 4.78 is 27.6. The van der Waals surface area contributed by atoms with Crippen molar-refractivity contribution in [2.75, 3.05) is 13.1 Å². The fraction of sp³-hybridized carbons (Fsp3) is 0.400. The molecule has 0 bridgehead atoms. The van der Waals surface area contributed by atoms with E-state index in [1.54, 1.807) is 22.6 Å². The number of pyridine rings is 1. The summed E-state index contributed by atoms with van der Waals surface area (Å²) in [6.45, 7) is 0.894. The molecule has 21 heavy (non-hydrogen) atoms.